The summed E-state index contributed by atoms with van der Waals surface area (Å²) in [6.07, 6.45) is 8.08. The molecule has 2 fully saturated rings. The zero-order valence-corrected chi connectivity index (χ0v) is 14.0. The van der Waals surface area contributed by atoms with E-state index in [2.05, 4.69) is 42.6 Å². The normalized spacial score (nSPS) is 21.7. The molecule has 122 valence electrons. The number of nitrogens with zero attached hydrogens (tertiary/aromatic N) is 1. The summed E-state index contributed by atoms with van der Waals surface area (Å²) in [6, 6.07) is 11.0. The number of amides is 1. The summed E-state index contributed by atoms with van der Waals surface area (Å²) in [5, 5.41) is 12.6. The molecule has 0 atom stereocenters. The van der Waals surface area contributed by atoms with E-state index in [9.17, 15) is 10.1 Å². The fourth-order valence-corrected chi connectivity index (χ4v) is 4.38. The van der Waals surface area contributed by atoms with Crippen molar-refractivity contribution in [1.29, 1.82) is 5.26 Å². The summed E-state index contributed by atoms with van der Waals surface area (Å²) in [7, 11) is 0. The smallest absolute Gasteiger partial charge is 0.240 e. The van der Waals surface area contributed by atoms with Gasteiger partial charge in [0.15, 0.2) is 0 Å². The summed E-state index contributed by atoms with van der Waals surface area (Å²) >= 11 is 0. The van der Waals surface area contributed by atoms with E-state index in [-0.39, 0.29) is 11.3 Å². The van der Waals surface area contributed by atoms with Gasteiger partial charge in [-0.05, 0) is 38.2 Å². The van der Waals surface area contributed by atoms with E-state index in [1.54, 1.807) is 0 Å². The maximum absolute atomic E-state index is 12.7. The summed E-state index contributed by atoms with van der Waals surface area (Å²) in [5.41, 5.74) is 1.89. The minimum Gasteiger partial charge on any atom is -0.354 e. The molecule has 2 saturated carbocycles. The number of carbonyl (C=O) groups excluding carboxylic acids is 1. The molecule has 1 amide bonds. The second-order valence-corrected chi connectivity index (χ2v) is 7.44. The Bertz CT molecular complexity index is 617. The van der Waals surface area contributed by atoms with E-state index in [4.69, 9.17) is 0 Å². The minimum absolute atomic E-state index is 0.0450. The number of rotatable bonds is 4. The van der Waals surface area contributed by atoms with Gasteiger partial charge in [-0.2, -0.15) is 5.26 Å². The number of carbonyl (C=O) groups is 1. The SMILES string of the molecule is Cc1cccc(C2(CNC(=O)C3(C#N)CCCC3)CCCC2)c1. The first-order valence-electron chi connectivity index (χ1n) is 8.87. The first-order chi connectivity index (χ1) is 11.1. The van der Waals surface area contributed by atoms with Crippen LogP contribution in [0.2, 0.25) is 0 Å². The summed E-state index contributed by atoms with van der Waals surface area (Å²) in [6.45, 7) is 2.78. The van der Waals surface area contributed by atoms with Crippen LogP contribution in [0.5, 0.6) is 0 Å². The van der Waals surface area contributed by atoms with E-state index in [0.717, 1.165) is 25.7 Å². The molecule has 0 spiro atoms. The summed E-state index contributed by atoms with van der Waals surface area (Å²) in [4.78, 5) is 12.7. The maximum atomic E-state index is 12.7. The second kappa shape index (κ2) is 6.35. The molecule has 0 unspecified atom stereocenters. The topological polar surface area (TPSA) is 52.9 Å². The maximum Gasteiger partial charge on any atom is 0.240 e. The third kappa shape index (κ3) is 3.00. The lowest BCUT2D eigenvalue weighted by Gasteiger charge is -2.32. The van der Waals surface area contributed by atoms with Gasteiger partial charge in [0.1, 0.15) is 5.41 Å². The average Bonchev–Trinajstić information content (AvgIpc) is 3.23. The molecule has 2 aliphatic rings. The quantitative estimate of drug-likeness (QED) is 0.913. The lowest BCUT2D eigenvalue weighted by molar-refractivity contribution is -0.128. The first-order valence-corrected chi connectivity index (χ1v) is 8.87. The highest BCUT2D eigenvalue weighted by Gasteiger charge is 2.43. The van der Waals surface area contributed by atoms with Crippen LogP contribution in [0.15, 0.2) is 24.3 Å². The van der Waals surface area contributed by atoms with Crippen LogP contribution in [0.25, 0.3) is 0 Å². The first kappa shape index (κ1) is 16.1. The Morgan fingerprint density at radius 2 is 1.83 bits per heavy atom. The molecule has 0 bridgehead atoms. The van der Waals surface area contributed by atoms with Crippen molar-refractivity contribution in [2.24, 2.45) is 5.41 Å². The Morgan fingerprint density at radius 3 is 2.43 bits per heavy atom. The van der Waals surface area contributed by atoms with E-state index in [0.29, 0.717) is 19.4 Å². The molecule has 23 heavy (non-hydrogen) atoms. The van der Waals surface area contributed by atoms with Crippen molar-refractivity contribution in [2.75, 3.05) is 6.54 Å². The molecule has 1 N–H and O–H groups in total. The molecule has 1 aromatic carbocycles. The monoisotopic (exact) mass is 310 g/mol. The number of nitriles is 1. The van der Waals surface area contributed by atoms with Gasteiger partial charge in [-0.3, -0.25) is 4.79 Å². The van der Waals surface area contributed by atoms with Gasteiger partial charge in [0.2, 0.25) is 5.91 Å². The predicted octanol–water partition coefficient (Wildman–Crippen LogP) is 4.01. The number of hydrogen-bond donors (Lipinski definition) is 1. The van der Waals surface area contributed by atoms with Gasteiger partial charge in [0.05, 0.1) is 6.07 Å². The van der Waals surface area contributed by atoms with Crippen molar-refractivity contribution >= 4 is 5.91 Å². The molecule has 3 heteroatoms. The highest BCUT2D eigenvalue weighted by atomic mass is 16.2. The third-order valence-corrected chi connectivity index (χ3v) is 5.88. The van der Waals surface area contributed by atoms with E-state index < -0.39 is 5.41 Å². The molecule has 0 radical (unpaired) electrons. The zero-order valence-electron chi connectivity index (χ0n) is 14.0. The average molecular weight is 310 g/mol. The van der Waals surface area contributed by atoms with Gasteiger partial charge in [0, 0.05) is 12.0 Å². The number of nitrogens with one attached hydrogen (secondary N) is 1. The van der Waals surface area contributed by atoms with Crippen LogP contribution >= 0.6 is 0 Å². The minimum atomic E-state index is -0.771. The fraction of sp³-hybridized carbons (Fsp3) is 0.600. The molecular formula is C20H26N2O. The molecule has 0 aliphatic heterocycles. The molecule has 0 saturated heterocycles. The largest absolute Gasteiger partial charge is 0.354 e. The number of benzene rings is 1. The molecule has 1 aromatic rings. The van der Waals surface area contributed by atoms with Gasteiger partial charge in [-0.15, -0.1) is 0 Å². The van der Waals surface area contributed by atoms with Gasteiger partial charge >= 0.3 is 0 Å². The fourth-order valence-electron chi connectivity index (χ4n) is 4.38. The van der Waals surface area contributed by atoms with Gasteiger partial charge in [-0.25, -0.2) is 0 Å². The molecule has 2 aliphatic carbocycles. The van der Waals surface area contributed by atoms with E-state index in [1.165, 1.54) is 24.0 Å². The van der Waals surface area contributed by atoms with Crippen LogP contribution < -0.4 is 5.32 Å². The van der Waals surface area contributed by atoms with Gasteiger partial charge < -0.3 is 5.32 Å². The van der Waals surface area contributed by atoms with Gasteiger partial charge in [-0.1, -0.05) is 55.5 Å². The zero-order chi connectivity index (χ0) is 16.3. The van der Waals surface area contributed by atoms with Crippen molar-refractivity contribution in [3.05, 3.63) is 35.4 Å². The van der Waals surface area contributed by atoms with Crippen molar-refractivity contribution in [3.63, 3.8) is 0 Å². The highest BCUT2D eigenvalue weighted by Crippen LogP contribution is 2.42. The molecule has 0 heterocycles. The molecule has 0 aromatic heterocycles. The van der Waals surface area contributed by atoms with Crippen molar-refractivity contribution in [3.8, 4) is 6.07 Å². The Labute approximate surface area is 139 Å². The standard InChI is InChI=1S/C20H26N2O/c1-16-7-6-8-17(13-16)20(11-4-5-12-20)15-22-18(23)19(14-21)9-2-3-10-19/h6-8,13H,2-5,9-12,15H2,1H3,(H,22,23). The molecule has 3 rings (SSSR count). The van der Waals surface area contributed by atoms with Crippen molar-refractivity contribution in [2.45, 2.75) is 63.7 Å². The Balaban J connectivity index is 1.76. The Hall–Kier alpha value is -1.82. The third-order valence-electron chi connectivity index (χ3n) is 5.88. The van der Waals surface area contributed by atoms with Gasteiger partial charge in [0.25, 0.3) is 0 Å². The predicted molar refractivity (Wildman–Crippen MR) is 90.8 cm³/mol. The van der Waals surface area contributed by atoms with Crippen LogP contribution in [0.3, 0.4) is 0 Å². The van der Waals surface area contributed by atoms with Crippen LogP contribution in [0.4, 0.5) is 0 Å². The lowest BCUT2D eigenvalue weighted by atomic mass is 9.77. The second-order valence-electron chi connectivity index (χ2n) is 7.44. The Morgan fingerprint density at radius 1 is 1.17 bits per heavy atom. The Kier molecular flexibility index (Phi) is 4.43. The van der Waals surface area contributed by atoms with E-state index >= 15 is 0 Å². The van der Waals surface area contributed by atoms with E-state index in [1.807, 2.05) is 0 Å². The highest BCUT2D eigenvalue weighted by molar-refractivity contribution is 5.85. The summed E-state index contributed by atoms with van der Waals surface area (Å²) < 4.78 is 0. The van der Waals surface area contributed by atoms with Crippen molar-refractivity contribution < 1.29 is 4.79 Å². The lowest BCUT2D eigenvalue weighted by Crippen LogP contribution is -2.45. The molecular weight excluding hydrogens is 284 g/mol. The van der Waals surface area contributed by atoms with Crippen molar-refractivity contribution in [1.82, 2.24) is 5.32 Å². The van der Waals surface area contributed by atoms with Crippen LogP contribution in [-0.4, -0.2) is 12.5 Å². The number of hydrogen-bond acceptors (Lipinski definition) is 2. The molecule has 3 nitrogen and oxygen atoms in total. The summed E-state index contributed by atoms with van der Waals surface area (Å²) in [5.74, 6) is -0.0450. The van der Waals surface area contributed by atoms with Crippen LogP contribution in [0.1, 0.15) is 62.5 Å². The van der Waals surface area contributed by atoms with Crippen LogP contribution in [0, 0.1) is 23.7 Å². The number of aryl methyl sites for hydroxylation is 1. The van der Waals surface area contributed by atoms with Crippen LogP contribution in [-0.2, 0) is 10.2 Å².